The molecule has 5 nitrogen and oxygen atoms in total. The minimum absolute atomic E-state index is 0.0961. The molecule has 1 aliphatic rings. The summed E-state index contributed by atoms with van der Waals surface area (Å²) in [6, 6.07) is 9.18. The molecule has 0 saturated carbocycles. The van der Waals surface area contributed by atoms with Crippen LogP contribution in [0.3, 0.4) is 0 Å². The average Bonchev–Trinajstić information content (AvgIpc) is 2.64. The third-order valence-electron chi connectivity index (χ3n) is 3.91. The number of methoxy groups -OCH3 is 1. The van der Waals surface area contributed by atoms with Crippen LogP contribution in [-0.4, -0.2) is 37.1 Å². The molecule has 5 heteroatoms. The second-order valence-corrected chi connectivity index (χ2v) is 5.31. The molecule has 0 aromatic heterocycles. The van der Waals surface area contributed by atoms with Crippen LogP contribution in [0, 0.1) is 11.3 Å². The number of carbonyl (C=O) groups is 1. The van der Waals surface area contributed by atoms with Crippen LogP contribution < -0.4 is 5.73 Å². The SMILES string of the molecule is COCCN1C(=O)CCCC(N)C1c1ccc(C#N)cc1. The molecule has 2 unspecified atom stereocenters. The maximum absolute atomic E-state index is 12.3. The van der Waals surface area contributed by atoms with Gasteiger partial charge in [-0.3, -0.25) is 4.79 Å². The van der Waals surface area contributed by atoms with Gasteiger partial charge in [0.15, 0.2) is 0 Å². The van der Waals surface area contributed by atoms with E-state index in [1.807, 2.05) is 17.0 Å². The van der Waals surface area contributed by atoms with Gasteiger partial charge in [0, 0.05) is 26.1 Å². The maximum Gasteiger partial charge on any atom is 0.223 e. The predicted octanol–water partition coefficient (Wildman–Crippen LogP) is 1.59. The van der Waals surface area contributed by atoms with Crippen molar-refractivity contribution in [3.05, 3.63) is 35.4 Å². The van der Waals surface area contributed by atoms with Crippen LogP contribution >= 0.6 is 0 Å². The molecule has 2 rings (SSSR count). The van der Waals surface area contributed by atoms with Gasteiger partial charge < -0.3 is 15.4 Å². The second-order valence-electron chi connectivity index (χ2n) is 5.31. The van der Waals surface area contributed by atoms with E-state index in [0.717, 1.165) is 18.4 Å². The number of nitrogens with two attached hydrogens (primary N) is 1. The number of ether oxygens (including phenoxy) is 1. The zero-order valence-electron chi connectivity index (χ0n) is 12.3. The van der Waals surface area contributed by atoms with Gasteiger partial charge in [-0.15, -0.1) is 0 Å². The summed E-state index contributed by atoms with van der Waals surface area (Å²) in [5.74, 6) is 0.120. The lowest BCUT2D eigenvalue weighted by Crippen LogP contribution is -2.43. The topological polar surface area (TPSA) is 79.3 Å². The molecule has 112 valence electrons. The minimum atomic E-state index is -0.150. The largest absolute Gasteiger partial charge is 0.383 e. The van der Waals surface area contributed by atoms with Gasteiger partial charge in [-0.2, -0.15) is 5.26 Å². The van der Waals surface area contributed by atoms with Gasteiger partial charge in [-0.05, 0) is 30.5 Å². The van der Waals surface area contributed by atoms with Crippen LogP contribution in [0.15, 0.2) is 24.3 Å². The Hall–Kier alpha value is -1.90. The molecule has 1 saturated heterocycles. The Bertz CT molecular complexity index is 521. The fraction of sp³-hybridized carbons (Fsp3) is 0.500. The lowest BCUT2D eigenvalue weighted by atomic mass is 9.95. The number of nitriles is 1. The summed E-state index contributed by atoms with van der Waals surface area (Å²) in [6.45, 7) is 1.03. The monoisotopic (exact) mass is 287 g/mol. The highest BCUT2D eigenvalue weighted by molar-refractivity contribution is 5.77. The van der Waals surface area contributed by atoms with Crippen LogP contribution in [0.4, 0.5) is 0 Å². The maximum atomic E-state index is 12.3. The van der Waals surface area contributed by atoms with E-state index in [9.17, 15) is 4.79 Å². The van der Waals surface area contributed by atoms with E-state index in [-0.39, 0.29) is 18.0 Å². The van der Waals surface area contributed by atoms with Gasteiger partial charge >= 0.3 is 0 Å². The quantitative estimate of drug-likeness (QED) is 0.912. The van der Waals surface area contributed by atoms with Gasteiger partial charge in [-0.25, -0.2) is 0 Å². The van der Waals surface area contributed by atoms with Crippen molar-refractivity contribution in [2.45, 2.75) is 31.3 Å². The molecule has 0 spiro atoms. The number of rotatable bonds is 4. The standard InChI is InChI=1S/C16H21N3O2/c1-21-10-9-19-15(20)4-2-3-14(18)16(19)13-7-5-12(11-17)6-8-13/h5-8,14,16H,2-4,9-10,18H2,1H3. The average molecular weight is 287 g/mol. The number of nitrogens with zero attached hydrogens (tertiary/aromatic N) is 2. The van der Waals surface area contributed by atoms with E-state index >= 15 is 0 Å². The molecule has 1 amide bonds. The summed E-state index contributed by atoms with van der Waals surface area (Å²) in [5, 5.41) is 8.89. The van der Waals surface area contributed by atoms with E-state index in [0.29, 0.717) is 25.1 Å². The fourth-order valence-corrected chi connectivity index (χ4v) is 2.81. The summed E-state index contributed by atoms with van der Waals surface area (Å²) in [4.78, 5) is 14.2. The van der Waals surface area contributed by atoms with Crippen LogP contribution in [0.2, 0.25) is 0 Å². The molecule has 0 aliphatic carbocycles. The van der Waals surface area contributed by atoms with Crippen LogP contribution in [-0.2, 0) is 9.53 Å². The predicted molar refractivity (Wildman–Crippen MR) is 79.3 cm³/mol. The summed E-state index contributed by atoms with van der Waals surface area (Å²) in [7, 11) is 1.62. The molecular weight excluding hydrogens is 266 g/mol. The first-order chi connectivity index (χ1) is 10.2. The molecule has 2 N–H and O–H groups in total. The Morgan fingerprint density at radius 1 is 1.43 bits per heavy atom. The van der Waals surface area contributed by atoms with Crippen molar-refractivity contribution >= 4 is 5.91 Å². The second kappa shape index (κ2) is 7.21. The number of carbonyl (C=O) groups excluding carboxylic acids is 1. The van der Waals surface area contributed by atoms with E-state index in [4.69, 9.17) is 15.7 Å². The molecule has 1 aromatic rings. The van der Waals surface area contributed by atoms with Crippen LogP contribution in [0.1, 0.15) is 36.4 Å². The Balaban J connectivity index is 2.31. The van der Waals surface area contributed by atoms with E-state index in [1.165, 1.54) is 0 Å². The van der Waals surface area contributed by atoms with Gasteiger partial charge in [0.1, 0.15) is 0 Å². The lowest BCUT2D eigenvalue weighted by Gasteiger charge is -2.34. The zero-order chi connectivity index (χ0) is 15.2. The summed E-state index contributed by atoms with van der Waals surface area (Å²) in [5.41, 5.74) is 7.89. The first-order valence-corrected chi connectivity index (χ1v) is 7.21. The highest BCUT2D eigenvalue weighted by Crippen LogP contribution is 2.30. The van der Waals surface area contributed by atoms with Crippen molar-refractivity contribution in [2.24, 2.45) is 5.73 Å². The van der Waals surface area contributed by atoms with Crippen molar-refractivity contribution in [2.75, 3.05) is 20.3 Å². The van der Waals surface area contributed by atoms with Crippen LogP contribution in [0.25, 0.3) is 0 Å². The van der Waals surface area contributed by atoms with Crippen molar-refractivity contribution in [3.63, 3.8) is 0 Å². The Morgan fingerprint density at radius 3 is 2.76 bits per heavy atom. The lowest BCUT2D eigenvalue weighted by molar-refractivity contribution is -0.134. The highest BCUT2D eigenvalue weighted by atomic mass is 16.5. The number of benzene rings is 1. The van der Waals surface area contributed by atoms with Crippen LogP contribution in [0.5, 0.6) is 0 Å². The normalized spacial score (nSPS) is 22.7. The molecule has 0 radical (unpaired) electrons. The summed E-state index contributed by atoms with van der Waals surface area (Å²) >= 11 is 0. The first kappa shape index (κ1) is 15.5. The smallest absolute Gasteiger partial charge is 0.223 e. The van der Waals surface area contributed by atoms with Crippen molar-refractivity contribution in [3.8, 4) is 6.07 Å². The van der Waals surface area contributed by atoms with E-state index in [1.54, 1.807) is 19.2 Å². The molecule has 1 heterocycles. The van der Waals surface area contributed by atoms with Crippen molar-refractivity contribution in [1.82, 2.24) is 4.90 Å². The minimum Gasteiger partial charge on any atom is -0.383 e. The molecule has 0 bridgehead atoms. The Labute approximate surface area is 125 Å². The van der Waals surface area contributed by atoms with Gasteiger partial charge in [0.25, 0.3) is 0 Å². The Morgan fingerprint density at radius 2 is 2.14 bits per heavy atom. The van der Waals surface area contributed by atoms with Gasteiger partial charge in [0.2, 0.25) is 5.91 Å². The fourth-order valence-electron chi connectivity index (χ4n) is 2.81. The molecule has 1 aliphatic heterocycles. The molecular formula is C16H21N3O2. The summed E-state index contributed by atoms with van der Waals surface area (Å²) in [6.07, 6.45) is 2.17. The molecule has 1 fully saturated rings. The summed E-state index contributed by atoms with van der Waals surface area (Å²) < 4.78 is 5.11. The van der Waals surface area contributed by atoms with Crippen molar-refractivity contribution in [1.29, 1.82) is 5.26 Å². The molecule has 1 aromatic carbocycles. The number of hydrogen-bond donors (Lipinski definition) is 1. The molecule has 21 heavy (non-hydrogen) atoms. The zero-order valence-corrected chi connectivity index (χ0v) is 12.3. The molecule has 2 atom stereocenters. The third-order valence-corrected chi connectivity index (χ3v) is 3.91. The first-order valence-electron chi connectivity index (χ1n) is 7.21. The van der Waals surface area contributed by atoms with Gasteiger partial charge in [-0.1, -0.05) is 12.1 Å². The highest BCUT2D eigenvalue weighted by Gasteiger charge is 2.32. The van der Waals surface area contributed by atoms with Gasteiger partial charge in [0.05, 0.1) is 24.3 Å². The number of hydrogen-bond acceptors (Lipinski definition) is 4. The van der Waals surface area contributed by atoms with Crippen molar-refractivity contribution < 1.29 is 9.53 Å². The number of amides is 1. The Kier molecular flexibility index (Phi) is 5.32. The third kappa shape index (κ3) is 3.60. The number of likely N-dealkylation sites (tertiary alicyclic amines) is 1. The van der Waals surface area contributed by atoms with E-state index in [2.05, 4.69) is 6.07 Å². The van der Waals surface area contributed by atoms with E-state index < -0.39 is 0 Å².